The van der Waals surface area contributed by atoms with Crippen LogP contribution in [-0.4, -0.2) is 38.8 Å². The number of halogens is 1. The molecule has 2 rings (SSSR count). The highest BCUT2D eigenvalue weighted by Gasteiger charge is 2.21. The Bertz CT molecular complexity index is 697. The van der Waals surface area contributed by atoms with Gasteiger partial charge in [-0.15, -0.1) is 5.06 Å². The fraction of sp³-hybridized carbons (Fsp3) is 0.357. The van der Waals surface area contributed by atoms with E-state index in [1.54, 1.807) is 12.1 Å². The number of hydrogen-bond acceptors (Lipinski definition) is 5. The average Bonchev–Trinajstić information content (AvgIpc) is 2.38. The number of carbonyl (C=O) groups is 1. The predicted octanol–water partition coefficient (Wildman–Crippen LogP) is 1.80. The molecular weight excluding hydrogens is 297 g/mol. The number of rotatable bonds is 3. The molecule has 0 aromatic heterocycles. The molecule has 114 valence electrons. The molecule has 0 saturated carbocycles. The highest BCUT2D eigenvalue weighted by Crippen LogP contribution is 2.28. The van der Waals surface area contributed by atoms with Crippen molar-refractivity contribution in [2.45, 2.75) is 18.2 Å². The first-order valence-electron chi connectivity index (χ1n) is 6.40. The molecule has 0 atom stereocenters. The maximum absolute atomic E-state index is 14.3. The van der Waals surface area contributed by atoms with E-state index in [0.717, 1.165) is 6.26 Å². The molecule has 0 amide bonds. The van der Waals surface area contributed by atoms with Crippen LogP contribution in [0.4, 0.5) is 4.39 Å². The molecule has 1 aliphatic rings. The van der Waals surface area contributed by atoms with Gasteiger partial charge in [-0.25, -0.2) is 12.8 Å². The van der Waals surface area contributed by atoms with E-state index in [0.29, 0.717) is 25.1 Å². The normalized spacial score (nSPS) is 16.4. The number of carbonyl (C=O) groups excluding carboxylic acids is 1. The zero-order chi connectivity index (χ0) is 15.6. The average molecular weight is 313 g/mol. The smallest absolute Gasteiger partial charge is 0.322 e. The van der Waals surface area contributed by atoms with Crippen molar-refractivity contribution in [3.63, 3.8) is 0 Å². The van der Waals surface area contributed by atoms with Gasteiger partial charge >= 0.3 is 5.97 Å². The molecule has 0 aliphatic carbocycles. The number of sulfone groups is 1. The molecule has 1 aliphatic heterocycles. The van der Waals surface area contributed by atoms with Gasteiger partial charge < -0.3 is 4.84 Å². The maximum atomic E-state index is 14.3. The first-order valence-corrected chi connectivity index (χ1v) is 8.29. The molecule has 21 heavy (non-hydrogen) atoms. The summed E-state index contributed by atoms with van der Waals surface area (Å²) >= 11 is 0. The van der Waals surface area contributed by atoms with Crippen molar-refractivity contribution in [2.24, 2.45) is 0 Å². The minimum atomic E-state index is -3.60. The summed E-state index contributed by atoms with van der Waals surface area (Å²) in [6.45, 7) is 2.10. The number of hydrogen-bond donors (Lipinski definition) is 0. The lowest BCUT2D eigenvalue weighted by Gasteiger charge is -2.24. The monoisotopic (exact) mass is 313 g/mol. The largest absolute Gasteiger partial charge is 0.368 e. The molecule has 0 fully saturated rings. The van der Waals surface area contributed by atoms with Gasteiger partial charge in [-0.1, -0.05) is 18.2 Å². The lowest BCUT2D eigenvalue weighted by Crippen LogP contribution is -2.30. The van der Waals surface area contributed by atoms with E-state index in [1.165, 1.54) is 24.1 Å². The Morgan fingerprint density at radius 3 is 2.62 bits per heavy atom. The Labute approximate surface area is 122 Å². The first kappa shape index (κ1) is 15.7. The second-order valence-corrected chi connectivity index (χ2v) is 6.82. The van der Waals surface area contributed by atoms with Crippen molar-refractivity contribution in [3.8, 4) is 0 Å². The van der Waals surface area contributed by atoms with Crippen LogP contribution in [0, 0.1) is 5.82 Å². The minimum Gasteiger partial charge on any atom is -0.368 e. The lowest BCUT2D eigenvalue weighted by atomic mass is 10.00. The first-order chi connectivity index (χ1) is 9.79. The van der Waals surface area contributed by atoms with Crippen LogP contribution in [0.3, 0.4) is 0 Å². The summed E-state index contributed by atoms with van der Waals surface area (Å²) in [7, 11) is -3.60. The molecule has 5 nitrogen and oxygen atoms in total. The van der Waals surface area contributed by atoms with Crippen LogP contribution in [0.2, 0.25) is 0 Å². The highest BCUT2D eigenvalue weighted by molar-refractivity contribution is 7.90. The van der Waals surface area contributed by atoms with E-state index >= 15 is 0 Å². The number of benzene rings is 1. The van der Waals surface area contributed by atoms with Crippen molar-refractivity contribution in [1.29, 1.82) is 0 Å². The highest BCUT2D eigenvalue weighted by atomic mass is 32.2. The number of nitrogens with zero attached hydrogens (tertiary/aromatic N) is 1. The van der Waals surface area contributed by atoms with Crippen molar-refractivity contribution < 1.29 is 22.4 Å². The van der Waals surface area contributed by atoms with Crippen molar-refractivity contribution >= 4 is 21.4 Å². The van der Waals surface area contributed by atoms with Gasteiger partial charge in [0.2, 0.25) is 0 Å². The molecule has 7 heteroatoms. The van der Waals surface area contributed by atoms with Gasteiger partial charge in [0.25, 0.3) is 0 Å². The Morgan fingerprint density at radius 1 is 1.38 bits per heavy atom. The van der Waals surface area contributed by atoms with E-state index in [4.69, 9.17) is 4.84 Å². The molecule has 1 aromatic carbocycles. The van der Waals surface area contributed by atoms with Crippen LogP contribution in [0.15, 0.2) is 29.2 Å². The second-order valence-electron chi connectivity index (χ2n) is 4.84. The van der Waals surface area contributed by atoms with Gasteiger partial charge in [0, 0.05) is 25.3 Å². The van der Waals surface area contributed by atoms with E-state index in [9.17, 15) is 17.6 Å². The van der Waals surface area contributed by atoms with Crippen molar-refractivity contribution in [2.75, 3.05) is 19.3 Å². The van der Waals surface area contributed by atoms with Gasteiger partial charge in [0.1, 0.15) is 10.7 Å². The molecule has 0 N–H and O–H groups in total. The molecule has 0 bridgehead atoms. The standard InChI is InChI=1S/C14H16FNO4S/c1-10(17)20-16-8-6-11(7-9-16)12-4-3-5-13(14(12)15)21(2,18)19/h3-6H,7-9H2,1-2H3. The van der Waals surface area contributed by atoms with Crippen LogP contribution in [0.1, 0.15) is 18.9 Å². The van der Waals surface area contributed by atoms with E-state index in [2.05, 4.69) is 0 Å². The Kier molecular flexibility index (Phi) is 4.43. The second kappa shape index (κ2) is 5.95. The topological polar surface area (TPSA) is 63.7 Å². The van der Waals surface area contributed by atoms with E-state index in [1.807, 2.05) is 0 Å². The maximum Gasteiger partial charge on any atom is 0.322 e. The van der Waals surface area contributed by atoms with Crippen LogP contribution < -0.4 is 0 Å². The molecule has 0 radical (unpaired) electrons. The van der Waals surface area contributed by atoms with Crippen LogP contribution in [-0.2, 0) is 19.5 Å². The number of hydroxylamine groups is 2. The van der Waals surface area contributed by atoms with Crippen molar-refractivity contribution in [3.05, 3.63) is 35.7 Å². The summed E-state index contributed by atoms with van der Waals surface area (Å²) in [6.07, 6.45) is 3.18. The third kappa shape index (κ3) is 3.68. The quantitative estimate of drug-likeness (QED) is 0.851. The molecule has 0 unspecified atom stereocenters. The van der Waals surface area contributed by atoms with E-state index < -0.39 is 21.6 Å². The summed E-state index contributed by atoms with van der Waals surface area (Å²) in [6, 6.07) is 4.33. The molecule has 1 aromatic rings. The minimum absolute atomic E-state index is 0.278. The zero-order valence-corrected chi connectivity index (χ0v) is 12.6. The summed E-state index contributed by atoms with van der Waals surface area (Å²) in [5, 5.41) is 1.48. The summed E-state index contributed by atoms with van der Waals surface area (Å²) in [5.41, 5.74) is 0.988. The molecule has 0 saturated heterocycles. The fourth-order valence-corrected chi connectivity index (χ4v) is 2.97. The SMILES string of the molecule is CC(=O)ON1CC=C(c2cccc(S(C)(=O)=O)c2F)CC1. The summed E-state index contributed by atoms with van der Waals surface area (Å²) in [5.74, 6) is -1.13. The van der Waals surface area contributed by atoms with E-state index in [-0.39, 0.29) is 10.5 Å². The van der Waals surface area contributed by atoms with Gasteiger partial charge in [-0.2, -0.15) is 0 Å². The van der Waals surface area contributed by atoms with Crippen LogP contribution in [0.5, 0.6) is 0 Å². The molecule has 1 heterocycles. The summed E-state index contributed by atoms with van der Waals surface area (Å²) in [4.78, 5) is 15.5. The third-order valence-corrected chi connectivity index (χ3v) is 4.25. The molecule has 0 spiro atoms. The fourth-order valence-electron chi connectivity index (χ4n) is 2.21. The summed E-state index contributed by atoms with van der Waals surface area (Å²) < 4.78 is 37.4. The third-order valence-electron chi connectivity index (χ3n) is 3.14. The zero-order valence-electron chi connectivity index (χ0n) is 11.8. The molecular formula is C14H16FNO4S. The van der Waals surface area contributed by atoms with Crippen LogP contribution >= 0.6 is 0 Å². The van der Waals surface area contributed by atoms with Gasteiger partial charge in [0.15, 0.2) is 9.84 Å². The Balaban J connectivity index is 2.28. The Hall–Kier alpha value is -1.73. The van der Waals surface area contributed by atoms with Gasteiger partial charge in [-0.05, 0) is 18.1 Å². The Morgan fingerprint density at radius 2 is 2.10 bits per heavy atom. The van der Waals surface area contributed by atoms with Gasteiger partial charge in [-0.3, -0.25) is 4.79 Å². The van der Waals surface area contributed by atoms with Crippen LogP contribution in [0.25, 0.3) is 5.57 Å². The predicted molar refractivity (Wildman–Crippen MR) is 75.4 cm³/mol. The van der Waals surface area contributed by atoms with Gasteiger partial charge in [0.05, 0.1) is 6.54 Å². The lowest BCUT2D eigenvalue weighted by molar-refractivity contribution is -0.185. The van der Waals surface area contributed by atoms with Crippen molar-refractivity contribution in [1.82, 2.24) is 5.06 Å².